The third-order valence-corrected chi connectivity index (χ3v) is 6.80. The number of hydrogen-bond donors (Lipinski definition) is 4. The lowest BCUT2D eigenvalue weighted by Gasteiger charge is -2.23. The van der Waals surface area contributed by atoms with Crippen LogP contribution in [0, 0.1) is 6.92 Å². The summed E-state index contributed by atoms with van der Waals surface area (Å²) in [4.78, 5) is 11.3. The van der Waals surface area contributed by atoms with E-state index < -0.39 is 6.10 Å². The van der Waals surface area contributed by atoms with Crippen LogP contribution >= 0.6 is 0 Å². The van der Waals surface area contributed by atoms with Crippen LogP contribution in [0.4, 0.5) is 0 Å². The molecule has 1 atom stereocenters. The first-order valence-electron chi connectivity index (χ1n) is 14.1. The average molecular weight is 539 g/mol. The van der Waals surface area contributed by atoms with Crippen LogP contribution in [0.3, 0.4) is 0 Å². The molecule has 0 radical (unpaired) electrons. The minimum Gasteiger partial charge on any atom is -0.387 e. The van der Waals surface area contributed by atoms with Crippen LogP contribution in [0.5, 0.6) is 0 Å². The number of nitrogens with zero attached hydrogens (tertiary/aromatic N) is 3. The third-order valence-electron chi connectivity index (χ3n) is 6.80. The first-order valence-corrected chi connectivity index (χ1v) is 14.1. The van der Waals surface area contributed by atoms with Gasteiger partial charge in [-0.15, -0.1) is 0 Å². The highest BCUT2D eigenvalue weighted by Gasteiger charge is 2.09. The summed E-state index contributed by atoms with van der Waals surface area (Å²) in [5, 5.41) is 20.9. The van der Waals surface area contributed by atoms with Gasteiger partial charge in [-0.2, -0.15) is 0 Å². The molecule has 0 fully saturated rings. The Kier molecular flexibility index (Phi) is 12.3. The molecule has 2 aromatic heterocycles. The van der Waals surface area contributed by atoms with Crippen LogP contribution in [0.1, 0.15) is 39.7 Å². The smallest absolute Gasteiger partial charge is 0.0914 e. The first kappa shape index (κ1) is 29.5. The van der Waals surface area contributed by atoms with Gasteiger partial charge in [-0.05, 0) is 47.9 Å². The van der Waals surface area contributed by atoms with Gasteiger partial charge >= 0.3 is 0 Å². The minimum atomic E-state index is -0.509. The van der Waals surface area contributed by atoms with Gasteiger partial charge in [0, 0.05) is 71.3 Å². The van der Waals surface area contributed by atoms with E-state index in [1.54, 1.807) is 0 Å². The van der Waals surface area contributed by atoms with Crippen molar-refractivity contribution in [2.45, 2.75) is 39.2 Å². The molecule has 4 aromatic rings. The number of pyridine rings is 2. The quantitative estimate of drug-likeness (QED) is 0.151. The lowest BCUT2D eigenvalue weighted by molar-refractivity contribution is 0.174. The van der Waals surface area contributed by atoms with Crippen molar-refractivity contribution in [3.63, 3.8) is 0 Å². The van der Waals surface area contributed by atoms with E-state index in [0.29, 0.717) is 6.54 Å². The minimum absolute atomic E-state index is 0.509. The van der Waals surface area contributed by atoms with Crippen molar-refractivity contribution in [3.05, 3.63) is 131 Å². The molecule has 0 spiro atoms. The van der Waals surface area contributed by atoms with E-state index in [1.807, 2.05) is 80.0 Å². The molecule has 4 N–H and O–H groups in total. The van der Waals surface area contributed by atoms with Gasteiger partial charge in [0.1, 0.15) is 0 Å². The predicted molar refractivity (Wildman–Crippen MR) is 161 cm³/mol. The third kappa shape index (κ3) is 10.6. The summed E-state index contributed by atoms with van der Waals surface area (Å²) in [6.45, 7) is 9.39. The van der Waals surface area contributed by atoms with Crippen LogP contribution in [0.15, 0.2) is 97.3 Å². The molecule has 2 heterocycles. The second-order valence-electron chi connectivity index (χ2n) is 10.1. The van der Waals surface area contributed by atoms with E-state index in [1.165, 1.54) is 11.1 Å². The van der Waals surface area contributed by atoms with E-state index in [-0.39, 0.29) is 0 Å². The van der Waals surface area contributed by atoms with E-state index in [2.05, 4.69) is 55.1 Å². The zero-order chi connectivity index (χ0) is 27.8. The molecule has 1 unspecified atom stereocenters. The molecular formula is C33H42N6O. The maximum absolute atomic E-state index is 10.5. The molecule has 7 heteroatoms. The molecule has 0 aliphatic carbocycles. The fourth-order valence-corrected chi connectivity index (χ4v) is 4.55. The van der Waals surface area contributed by atoms with Crippen molar-refractivity contribution >= 4 is 0 Å². The summed E-state index contributed by atoms with van der Waals surface area (Å²) in [7, 11) is 0. The molecule has 0 saturated carbocycles. The van der Waals surface area contributed by atoms with E-state index in [9.17, 15) is 5.11 Å². The van der Waals surface area contributed by atoms with Gasteiger partial charge in [0.05, 0.1) is 17.5 Å². The van der Waals surface area contributed by atoms with Crippen LogP contribution in [0.25, 0.3) is 0 Å². The van der Waals surface area contributed by atoms with Gasteiger partial charge in [0.25, 0.3) is 0 Å². The number of aromatic nitrogens is 2. The van der Waals surface area contributed by atoms with Crippen LogP contribution in [-0.4, -0.2) is 52.7 Å². The highest BCUT2D eigenvalue weighted by molar-refractivity contribution is 5.25. The number of nitrogens with one attached hydrogen (secondary N) is 3. The van der Waals surface area contributed by atoms with Gasteiger partial charge in [-0.1, -0.05) is 66.2 Å². The molecule has 2 aromatic carbocycles. The number of aryl methyl sites for hydroxylation is 1. The van der Waals surface area contributed by atoms with Gasteiger partial charge in [0.15, 0.2) is 0 Å². The molecule has 0 aliphatic rings. The maximum atomic E-state index is 10.5. The first-order chi connectivity index (χ1) is 19.7. The molecule has 0 saturated heterocycles. The lowest BCUT2D eigenvalue weighted by Crippen LogP contribution is -2.36. The fraction of sp³-hybridized carbons (Fsp3) is 0.333. The number of aliphatic hydroxyl groups excluding tert-OH is 1. The van der Waals surface area contributed by atoms with Crippen molar-refractivity contribution in [1.82, 2.24) is 30.8 Å². The Labute approximate surface area is 238 Å². The number of aliphatic hydroxyl groups is 1. The van der Waals surface area contributed by atoms with Crippen LogP contribution in [0.2, 0.25) is 0 Å². The summed E-state index contributed by atoms with van der Waals surface area (Å²) in [5.74, 6) is 0. The standard InChI is InChI=1S/C33H42N6O/c1-27-7-6-8-30(21-27)33(40)25-36-22-28-11-13-29(14-12-28)26-39(19-17-34-23-31-9-2-4-15-37-31)20-18-35-24-32-10-3-5-16-38-32/h2-16,21,33-36,40H,17-20,22-26H2,1H3. The summed E-state index contributed by atoms with van der Waals surface area (Å²) in [6, 6.07) is 28.9. The molecule has 210 valence electrons. The predicted octanol–water partition coefficient (Wildman–Crippen LogP) is 3.99. The van der Waals surface area contributed by atoms with Gasteiger partial charge in [-0.3, -0.25) is 14.9 Å². The number of rotatable bonds is 17. The Morgan fingerprint density at radius 1 is 0.700 bits per heavy atom. The largest absolute Gasteiger partial charge is 0.387 e. The summed E-state index contributed by atoms with van der Waals surface area (Å²) >= 11 is 0. The second-order valence-corrected chi connectivity index (χ2v) is 10.1. The second kappa shape index (κ2) is 16.6. The SMILES string of the molecule is Cc1cccc(C(O)CNCc2ccc(CN(CCNCc3ccccn3)CCNCc3ccccn3)cc2)c1. The Hall–Kier alpha value is -3.46. The van der Waals surface area contributed by atoms with Crippen molar-refractivity contribution in [1.29, 1.82) is 0 Å². The zero-order valence-electron chi connectivity index (χ0n) is 23.5. The molecule has 0 aliphatic heterocycles. The Morgan fingerprint density at radius 3 is 1.90 bits per heavy atom. The lowest BCUT2D eigenvalue weighted by atomic mass is 10.1. The molecule has 0 bridgehead atoms. The highest BCUT2D eigenvalue weighted by atomic mass is 16.3. The number of hydrogen-bond acceptors (Lipinski definition) is 7. The molecular weight excluding hydrogens is 496 g/mol. The van der Waals surface area contributed by atoms with Gasteiger partial charge in [-0.25, -0.2) is 0 Å². The van der Waals surface area contributed by atoms with E-state index >= 15 is 0 Å². The van der Waals surface area contributed by atoms with Crippen LogP contribution in [-0.2, 0) is 26.2 Å². The van der Waals surface area contributed by atoms with E-state index in [0.717, 1.165) is 74.9 Å². The topological polar surface area (TPSA) is 85.3 Å². The van der Waals surface area contributed by atoms with Crippen molar-refractivity contribution in [2.24, 2.45) is 0 Å². The average Bonchev–Trinajstić information content (AvgIpc) is 2.99. The molecule has 0 amide bonds. The van der Waals surface area contributed by atoms with Gasteiger partial charge in [0.2, 0.25) is 0 Å². The Bertz CT molecular complexity index is 1190. The Morgan fingerprint density at radius 2 is 1.32 bits per heavy atom. The summed E-state index contributed by atoms with van der Waals surface area (Å²) < 4.78 is 0. The molecule has 4 rings (SSSR count). The van der Waals surface area contributed by atoms with Crippen LogP contribution < -0.4 is 16.0 Å². The zero-order valence-corrected chi connectivity index (χ0v) is 23.5. The van der Waals surface area contributed by atoms with Crippen molar-refractivity contribution in [3.8, 4) is 0 Å². The van der Waals surface area contributed by atoms with Crippen molar-refractivity contribution in [2.75, 3.05) is 32.7 Å². The Balaban J connectivity index is 1.23. The summed E-state index contributed by atoms with van der Waals surface area (Å²) in [6.07, 6.45) is 3.16. The molecule has 40 heavy (non-hydrogen) atoms. The van der Waals surface area contributed by atoms with E-state index in [4.69, 9.17) is 0 Å². The van der Waals surface area contributed by atoms with Crippen molar-refractivity contribution < 1.29 is 5.11 Å². The fourth-order valence-electron chi connectivity index (χ4n) is 4.55. The van der Waals surface area contributed by atoms with Gasteiger partial charge < -0.3 is 21.1 Å². The molecule has 7 nitrogen and oxygen atoms in total. The monoisotopic (exact) mass is 538 g/mol. The summed E-state index contributed by atoms with van der Waals surface area (Å²) in [5.41, 5.74) is 6.73. The maximum Gasteiger partial charge on any atom is 0.0914 e. The highest BCUT2D eigenvalue weighted by Crippen LogP contribution is 2.14. The normalized spacial score (nSPS) is 12.1. The number of benzene rings is 2.